The smallest absolute Gasteiger partial charge is 0.115 e. The van der Waals surface area contributed by atoms with Crippen LogP contribution in [0, 0.1) is 0 Å². The molecule has 1 heterocycles. The van der Waals surface area contributed by atoms with Gasteiger partial charge in [-0.25, -0.2) is 0 Å². The van der Waals surface area contributed by atoms with E-state index >= 15 is 0 Å². The summed E-state index contributed by atoms with van der Waals surface area (Å²) in [5.74, 6) is 0.333. The van der Waals surface area contributed by atoms with E-state index in [2.05, 4.69) is 18.0 Å². The monoisotopic (exact) mass is 259 g/mol. The summed E-state index contributed by atoms with van der Waals surface area (Å²) >= 11 is 0. The lowest BCUT2D eigenvalue weighted by Crippen LogP contribution is -2.68. The Kier molecular flexibility index (Phi) is 2.18. The van der Waals surface area contributed by atoms with Gasteiger partial charge in [0.15, 0.2) is 0 Å². The zero-order chi connectivity index (χ0) is 13.3. The number of likely N-dealkylation sites (N-methyl/N-ethyl adjacent to an activating group) is 1. The Morgan fingerprint density at radius 3 is 2.95 bits per heavy atom. The zero-order valence-corrected chi connectivity index (χ0v) is 11.4. The number of fused-ring (bicyclic) bond motifs is 1. The number of piperidine rings is 1. The fourth-order valence-electron chi connectivity index (χ4n) is 5.05. The first kappa shape index (κ1) is 11.7. The molecule has 2 bridgehead atoms. The number of benzene rings is 1. The van der Waals surface area contributed by atoms with Gasteiger partial charge in [0.05, 0.1) is 5.60 Å². The van der Waals surface area contributed by atoms with Crippen molar-refractivity contribution in [2.24, 2.45) is 0 Å². The van der Waals surface area contributed by atoms with E-state index in [1.165, 1.54) is 11.1 Å². The van der Waals surface area contributed by atoms with E-state index in [4.69, 9.17) is 0 Å². The van der Waals surface area contributed by atoms with Gasteiger partial charge in [-0.3, -0.25) is 0 Å². The largest absolute Gasteiger partial charge is 0.508 e. The highest BCUT2D eigenvalue weighted by Gasteiger charge is 2.64. The van der Waals surface area contributed by atoms with Gasteiger partial charge in [-0.05, 0) is 69.0 Å². The number of hydrogen-bond acceptors (Lipinski definition) is 3. The Labute approximate surface area is 113 Å². The van der Waals surface area contributed by atoms with Crippen LogP contribution in [0.1, 0.15) is 36.8 Å². The molecule has 3 aliphatic rings. The average Bonchev–Trinajstić information content (AvgIpc) is 2.74. The second kappa shape index (κ2) is 3.53. The van der Waals surface area contributed by atoms with Crippen molar-refractivity contribution in [2.45, 2.75) is 49.2 Å². The molecule has 1 aromatic carbocycles. The first-order valence-electron chi connectivity index (χ1n) is 7.32. The third-order valence-corrected chi connectivity index (χ3v) is 5.99. The summed E-state index contributed by atoms with van der Waals surface area (Å²) in [6.07, 6.45) is 4.97. The number of aliphatic hydroxyl groups is 1. The molecule has 3 atom stereocenters. The number of phenolic OH excluding ortho intramolecular Hbond substituents is 1. The summed E-state index contributed by atoms with van der Waals surface area (Å²) < 4.78 is 0. The van der Waals surface area contributed by atoms with Crippen molar-refractivity contribution in [3.05, 3.63) is 29.3 Å². The minimum atomic E-state index is -0.596. The lowest BCUT2D eigenvalue weighted by Gasteiger charge is -2.58. The van der Waals surface area contributed by atoms with Gasteiger partial charge in [-0.1, -0.05) is 6.07 Å². The lowest BCUT2D eigenvalue weighted by atomic mass is 9.56. The fraction of sp³-hybridized carbons (Fsp3) is 0.625. The molecule has 19 heavy (non-hydrogen) atoms. The maximum atomic E-state index is 11.4. The lowest BCUT2D eigenvalue weighted by molar-refractivity contribution is -0.123. The molecule has 3 heteroatoms. The standard InChI is InChI=1S/C16H21NO2/c1-17-8-7-15-5-2-6-16(15,19)14(17)9-11-3-4-12(18)10-13(11)15/h3-4,10,14,18-19H,2,5-9H2,1H3/t14-,15+,16-/m1/s1. The number of phenols is 1. The van der Waals surface area contributed by atoms with E-state index < -0.39 is 5.60 Å². The maximum Gasteiger partial charge on any atom is 0.115 e. The van der Waals surface area contributed by atoms with Crippen LogP contribution in [-0.2, 0) is 11.8 Å². The molecule has 2 N–H and O–H groups in total. The number of aromatic hydroxyl groups is 1. The van der Waals surface area contributed by atoms with Gasteiger partial charge in [-0.2, -0.15) is 0 Å². The van der Waals surface area contributed by atoms with E-state index in [-0.39, 0.29) is 11.5 Å². The van der Waals surface area contributed by atoms with Crippen LogP contribution in [0.25, 0.3) is 0 Å². The van der Waals surface area contributed by atoms with Crippen LogP contribution in [0.15, 0.2) is 18.2 Å². The van der Waals surface area contributed by atoms with Crippen molar-refractivity contribution in [2.75, 3.05) is 13.6 Å². The van der Waals surface area contributed by atoms with E-state index in [0.29, 0.717) is 5.75 Å². The molecule has 0 amide bonds. The number of likely N-dealkylation sites (tertiary alicyclic amines) is 1. The molecular weight excluding hydrogens is 238 g/mol. The molecular formula is C16H21NO2. The summed E-state index contributed by atoms with van der Waals surface area (Å²) in [5, 5.41) is 21.2. The van der Waals surface area contributed by atoms with Gasteiger partial charge < -0.3 is 15.1 Å². The minimum Gasteiger partial charge on any atom is -0.508 e. The van der Waals surface area contributed by atoms with E-state index in [9.17, 15) is 10.2 Å². The van der Waals surface area contributed by atoms with Gasteiger partial charge in [0.2, 0.25) is 0 Å². The summed E-state index contributed by atoms with van der Waals surface area (Å²) in [6.45, 7) is 1.04. The molecule has 1 saturated heterocycles. The predicted molar refractivity (Wildman–Crippen MR) is 73.3 cm³/mol. The topological polar surface area (TPSA) is 43.7 Å². The summed E-state index contributed by atoms with van der Waals surface area (Å²) in [6, 6.07) is 5.98. The molecule has 0 radical (unpaired) electrons. The second-order valence-electron chi connectivity index (χ2n) is 6.65. The predicted octanol–water partition coefficient (Wildman–Crippen LogP) is 1.81. The second-order valence-corrected chi connectivity index (χ2v) is 6.65. The minimum absolute atomic E-state index is 0.115. The molecule has 0 aromatic heterocycles. The van der Waals surface area contributed by atoms with Crippen LogP contribution < -0.4 is 0 Å². The summed E-state index contributed by atoms with van der Waals surface area (Å²) in [4.78, 5) is 2.33. The normalized spacial score (nSPS) is 40.8. The number of hydrogen-bond donors (Lipinski definition) is 2. The first-order chi connectivity index (χ1) is 9.07. The third-order valence-electron chi connectivity index (χ3n) is 5.99. The summed E-state index contributed by atoms with van der Waals surface area (Å²) in [7, 11) is 2.14. The van der Waals surface area contributed by atoms with Crippen molar-refractivity contribution in [3.8, 4) is 5.75 Å². The Hall–Kier alpha value is -1.06. The Morgan fingerprint density at radius 2 is 2.11 bits per heavy atom. The highest BCUT2D eigenvalue weighted by Crippen LogP contribution is 2.59. The molecule has 0 spiro atoms. The first-order valence-corrected chi connectivity index (χ1v) is 7.32. The zero-order valence-electron chi connectivity index (χ0n) is 11.4. The van der Waals surface area contributed by atoms with Crippen LogP contribution in [0.4, 0.5) is 0 Å². The average molecular weight is 259 g/mol. The van der Waals surface area contributed by atoms with Crippen LogP contribution in [0.5, 0.6) is 5.75 Å². The maximum absolute atomic E-state index is 11.4. The van der Waals surface area contributed by atoms with E-state index in [1.54, 1.807) is 6.07 Å². The summed E-state index contributed by atoms with van der Waals surface area (Å²) in [5.41, 5.74) is 1.83. The third kappa shape index (κ3) is 1.25. The number of nitrogens with zero attached hydrogens (tertiary/aromatic N) is 1. The van der Waals surface area contributed by atoms with E-state index in [1.807, 2.05) is 6.07 Å². The molecule has 1 saturated carbocycles. The SMILES string of the molecule is CN1CC[C@]23CCC[C@@]2(O)[C@H]1Cc1ccc(O)cc13. The van der Waals surface area contributed by atoms with E-state index in [0.717, 1.165) is 38.6 Å². The Morgan fingerprint density at radius 1 is 1.26 bits per heavy atom. The van der Waals surface area contributed by atoms with Gasteiger partial charge >= 0.3 is 0 Å². The molecule has 2 aliphatic carbocycles. The van der Waals surface area contributed by atoms with Crippen molar-refractivity contribution in [1.82, 2.24) is 4.90 Å². The Bertz CT molecular complexity index is 544. The van der Waals surface area contributed by atoms with Crippen LogP contribution in [0.2, 0.25) is 0 Å². The van der Waals surface area contributed by atoms with Gasteiger partial charge in [-0.15, -0.1) is 0 Å². The van der Waals surface area contributed by atoms with Crippen LogP contribution in [-0.4, -0.2) is 40.3 Å². The van der Waals surface area contributed by atoms with Crippen LogP contribution >= 0.6 is 0 Å². The van der Waals surface area contributed by atoms with Crippen molar-refractivity contribution in [1.29, 1.82) is 0 Å². The molecule has 1 aromatic rings. The highest BCUT2D eigenvalue weighted by molar-refractivity contribution is 5.48. The highest BCUT2D eigenvalue weighted by atomic mass is 16.3. The van der Waals surface area contributed by atoms with Gasteiger partial charge in [0, 0.05) is 11.5 Å². The van der Waals surface area contributed by atoms with Crippen molar-refractivity contribution >= 4 is 0 Å². The Balaban J connectivity index is 1.98. The molecule has 0 unspecified atom stereocenters. The fourth-order valence-corrected chi connectivity index (χ4v) is 5.05. The molecule has 1 aliphatic heterocycles. The van der Waals surface area contributed by atoms with Gasteiger partial charge in [0.25, 0.3) is 0 Å². The molecule has 3 nitrogen and oxygen atoms in total. The molecule has 2 fully saturated rings. The molecule has 4 rings (SSSR count). The molecule has 102 valence electrons. The number of rotatable bonds is 0. The quantitative estimate of drug-likeness (QED) is 0.747. The van der Waals surface area contributed by atoms with Crippen LogP contribution in [0.3, 0.4) is 0 Å². The van der Waals surface area contributed by atoms with Gasteiger partial charge in [0.1, 0.15) is 5.75 Å². The van der Waals surface area contributed by atoms with Crippen molar-refractivity contribution in [3.63, 3.8) is 0 Å². The van der Waals surface area contributed by atoms with Crippen molar-refractivity contribution < 1.29 is 10.2 Å².